The average Bonchev–Trinajstić information content (AvgIpc) is 2.55. The molecular weight excluding hydrogens is 454 g/mol. The van der Waals surface area contributed by atoms with E-state index in [0.29, 0.717) is 12.3 Å². The number of halogens is 4. The van der Waals surface area contributed by atoms with Gasteiger partial charge in [-0.3, -0.25) is 4.99 Å². The number of nitrogens with zero attached hydrogens (tertiary/aromatic N) is 1. The van der Waals surface area contributed by atoms with E-state index in [1.807, 2.05) is 0 Å². The van der Waals surface area contributed by atoms with Crippen LogP contribution < -0.4 is 15.4 Å². The van der Waals surface area contributed by atoms with Crippen LogP contribution in [-0.4, -0.2) is 45.9 Å². The number of aliphatic imine (C=N–C) groups is 1. The first kappa shape index (κ1) is 23.3. The highest BCUT2D eigenvalue weighted by molar-refractivity contribution is 14.0. The second kappa shape index (κ2) is 11.0. The van der Waals surface area contributed by atoms with Crippen molar-refractivity contribution in [3.05, 3.63) is 29.3 Å². The van der Waals surface area contributed by atoms with Gasteiger partial charge in [0, 0.05) is 20.1 Å². The Morgan fingerprint density at radius 2 is 1.92 bits per heavy atom. The lowest BCUT2D eigenvalue weighted by atomic mass is 10.1. The Morgan fingerprint density at radius 1 is 1.24 bits per heavy atom. The number of rotatable bonds is 6. The molecule has 25 heavy (non-hydrogen) atoms. The topological polar surface area (TPSA) is 72.0 Å². The van der Waals surface area contributed by atoms with Gasteiger partial charge < -0.3 is 20.1 Å². The normalized spacial score (nSPS) is 11.4. The largest absolute Gasteiger partial charge is 0.496 e. The van der Waals surface area contributed by atoms with Gasteiger partial charge in [-0.05, 0) is 17.7 Å². The lowest BCUT2D eigenvalue weighted by Crippen LogP contribution is -2.38. The van der Waals surface area contributed by atoms with Crippen molar-refractivity contribution in [3.8, 4) is 5.75 Å². The van der Waals surface area contributed by atoms with Crippen LogP contribution in [0.4, 0.5) is 13.2 Å². The molecule has 0 fully saturated rings. The summed E-state index contributed by atoms with van der Waals surface area (Å²) < 4.78 is 46.2. The Hall–Kier alpha value is -1.72. The summed E-state index contributed by atoms with van der Waals surface area (Å²) in [6.45, 7) is 0.0251. The molecule has 0 saturated heterocycles. The van der Waals surface area contributed by atoms with Crippen molar-refractivity contribution < 1.29 is 27.4 Å². The van der Waals surface area contributed by atoms with Crippen molar-refractivity contribution in [2.24, 2.45) is 4.99 Å². The summed E-state index contributed by atoms with van der Waals surface area (Å²) in [5.74, 6) is 0.0763. The molecule has 0 aliphatic carbocycles. The maximum absolute atomic E-state index is 12.1. The van der Waals surface area contributed by atoms with Gasteiger partial charge in [-0.1, -0.05) is 6.07 Å². The molecule has 0 aliphatic heterocycles. The van der Waals surface area contributed by atoms with E-state index in [1.165, 1.54) is 21.3 Å². The van der Waals surface area contributed by atoms with Crippen LogP contribution >= 0.6 is 24.0 Å². The van der Waals surface area contributed by atoms with Gasteiger partial charge >= 0.3 is 12.1 Å². The third kappa shape index (κ3) is 8.27. The van der Waals surface area contributed by atoms with Crippen LogP contribution in [0.15, 0.2) is 23.2 Å². The van der Waals surface area contributed by atoms with Gasteiger partial charge in [0.15, 0.2) is 5.96 Å². The van der Waals surface area contributed by atoms with Crippen LogP contribution in [0.5, 0.6) is 5.75 Å². The number of carbonyl (C=O) groups excluding carboxylic acids is 1. The van der Waals surface area contributed by atoms with Gasteiger partial charge in [0.05, 0.1) is 20.6 Å². The molecule has 0 aliphatic rings. The molecule has 0 aromatic heterocycles. The second-order valence-electron chi connectivity index (χ2n) is 4.74. The maximum Gasteiger partial charge on any atom is 0.390 e. The summed E-state index contributed by atoms with van der Waals surface area (Å²) in [7, 11) is 4.16. The number of benzene rings is 1. The van der Waals surface area contributed by atoms with Crippen LogP contribution in [0, 0.1) is 0 Å². The molecule has 6 nitrogen and oxygen atoms in total. The zero-order valence-electron chi connectivity index (χ0n) is 14.1. The van der Waals surface area contributed by atoms with Crippen molar-refractivity contribution in [1.29, 1.82) is 0 Å². The molecule has 142 valence electrons. The molecule has 0 heterocycles. The standard InChI is InChI=1S/C15H20F3N3O3.HI/c1-19-14(20-7-6-15(16,17)18)21-9-10-4-5-11(13(22)24-3)12(8-10)23-2;/h4-5,8H,6-7,9H2,1-3H3,(H2,19,20,21);1H. The van der Waals surface area contributed by atoms with Crippen LogP contribution in [0.2, 0.25) is 0 Å². The van der Waals surface area contributed by atoms with E-state index in [2.05, 4.69) is 20.4 Å². The molecule has 10 heteroatoms. The van der Waals surface area contributed by atoms with Crippen molar-refractivity contribution in [2.45, 2.75) is 19.1 Å². The molecule has 0 atom stereocenters. The van der Waals surface area contributed by atoms with Crippen LogP contribution in [0.25, 0.3) is 0 Å². The molecule has 0 saturated carbocycles. The molecular formula is C15H21F3IN3O3. The van der Waals surface area contributed by atoms with Crippen molar-refractivity contribution in [1.82, 2.24) is 10.6 Å². The maximum atomic E-state index is 12.1. The molecule has 0 spiro atoms. The van der Waals surface area contributed by atoms with Gasteiger partial charge in [0.2, 0.25) is 0 Å². The quantitative estimate of drug-likeness (QED) is 0.287. The summed E-state index contributed by atoms with van der Waals surface area (Å²) in [4.78, 5) is 15.4. The Kier molecular flexibility index (Phi) is 10.2. The number of alkyl halides is 3. The fraction of sp³-hybridized carbons (Fsp3) is 0.467. The third-order valence-corrected chi connectivity index (χ3v) is 3.06. The molecule has 0 bridgehead atoms. The van der Waals surface area contributed by atoms with E-state index in [9.17, 15) is 18.0 Å². The molecule has 1 aromatic carbocycles. The van der Waals surface area contributed by atoms with Gasteiger partial charge in [0.1, 0.15) is 11.3 Å². The van der Waals surface area contributed by atoms with Gasteiger partial charge in [0.25, 0.3) is 0 Å². The van der Waals surface area contributed by atoms with Gasteiger partial charge in [-0.15, -0.1) is 24.0 Å². The molecule has 1 rings (SSSR count). The summed E-state index contributed by atoms with van der Waals surface area (Å²) in [5.41, 5.74) is 1.05. The van der Waals surface area contributed by atoms with Crippen LogP contribution in [0.3, 0.4) is 0 Å². The number of guanidine groups is 1. The van der Waals surface area contributed by atoms with Crippen molar-refractivity contribution in [3.63, 3.8) is 0 Å². The number of esters is 1. The van der Waals surface area contributed by atoms with Crippen molar-refractivity contribution >= 4 is 35.9 Å². The summed E-state index contributed by atoms with van der Waals surface area (Å²) in [6.07, 6.45) is -5.17. The fourth-order valence-corrected chi connectivity index (χ4v) is 1.85. The smallest absolute Gasteiger partial charge is 0.390 e. The summed E-state index contributed by atoms with van der Waals surface area (Å²) >= 11 is 0. The first-order valence-corrected chi connectivity index (χ1v) is 7.07. The first-order valence-electron chi connectivity index (χ1n) is 7.07. The number of ether oxygens (including phenoxy) is 2. The highest BCUT2D eigenvalue weighted by atomic mass is 127. The minimum absolute atomic E-state index is 0. The number of nitrogens with one attached hydrogen (secondary N) is 2. The number of methoxy groups -OCH3 is 2. The predicted octanol–water partition coefficient (Wildman–Crippen LogP) is 2.72. The Labute approximate surface area is 161 Å². The molecule has 1 aromatic rings. The minimum atomic E-state index is -4.22. The van der Waals surface area contributed by atoms with E-state index in [-0.39, 0.29) is 42.0 Å². The Balaban J connectivity index is 0.00000576. The monoisotopic (exact) mass is 475 g/mol. The van der Waals surface area contributed by atoms with Crippen LogP contribution in [0.1, 0.15) is 22.3 Å². The zero-order chi connectivity index (χ0) is 18.2. The van der Waals surface area contributed by atoms with E-state index in [4.69, 9.17) is 4.74 Å². The Morgan fingerprint density at radius 3 is 2.44 bits per heavy atom. The summed E-state index contributed by atoms with van der Waals surface area (Å²) in [6, 6.07) is 4.88. The molecule has 0 unspecified atom stereocenters. The van der Waals surface area contributed by atoms with E-state index >= 15 is 0 Å². The van der Waals surface area contributed by atoms with E-state index in [0.717, 1.165) is 5.56 Å². The minimum Gasteiger partial charge on any atom is -0.496 e. The van der Waals surface area contributed by atoms with E-state index in [1.54, 1.807) is 18.2 Å². The van der Waals surface area contributed by atoms with Crippen molar-refractivity contribution in [2.75, 3.05) is 27.8 Å². The highest BCUT2D eigenvalue weighted by Gasteiger charge is 2.26. The number of hydrogen-bond donors (Lipinski definition) is 2. The lowest BCUT2D eigenvalue weighted by molar-refractivity contribution is -0.132. The second-order valence-corrected chi connectivity index (χ2v) is 4.74. The van der Waals surface area contributed by atoms with Gasteiger partial charge in [-0.25, -0.2) is 4.79 Å². The Bertz CT molecular complexity index is 595. The lowest BCUT2D eigenvalue weighted by Gasteiger charge is -2.14. The molecule has 0 amide bonds. The highest BCUT2D eigenvalue weighted by Crippen LogP contribution is 2.21. The SMILES string of the molecule is CN=C(NCCC(F)(F)F)NCc1ccc(C(=O)OC)c(OC)c1.I. The number of carbonyl (C=O) groups is 1. The fourth-order valence-electron chi connectivity index (χ4n) is 1.85. The number of hydrogen-bond acceptors (Lipinski definition) is 4. The third-order valence-electron chi connectivity index (χ3n) is 3.06. The first-order chi connectivity index (χ1) is 11.3. The zero-order valence-corrected chi connectivity index (χ0v) is 16.4. The predicted molar refractivity (Wildman–Crippen MR) is 98.6 cm³/mol. The van der Waals surface area contributed by atoms with Gasteiger partial charge in [-0.2, -0.15) is 13.2 Å². The van der Waals surface area contributed by atoms with E-state index < -0.39 is 18.6 Å². The molecule has 0 radical (unpaired) electrons. The molecule has 2 N–H and O–H groups in total. The van der Waals surface area contributed by atoms with Crippen LogP contribution in [-0.2, 0) is 11.3 Å². The average molecular weight is 475 g/mol. The summed E-state index contributed by atoms with van der Waals surface area (Å²) in [5, 5.41) is 5.46.